The summed E-state index contributed by atoms with van der Waals surface area (Å²) >= 11 is 0. The summed E-state index contributed by atoms with van der Waals surface area (Å²) in [7, 11) is 1.63. The number of aromatic nitrogens is 2. The van der Waals surface area contributed by atoms with Crippen molar-refractivity contribution in [3.8, 4) is 5.75 Å². The van der Waals surface area contributed by atoms with E-state index in [-0.39, 0.29) is 36.7 Å². The van der Waals surface area contributed by atoms with Gasteiger partial charge in [0.25, 0.3) is 5.91 Å². The molecule has 180 valence electrons. The average Bonchev–Trinajstić information content (AvgIpc) is 3.29. The van der Waals surface area contributed by atoms with Gasteiger partial charge >= 0.3 is 0 Å². The summed E-state index contributed by atoms with van der Waals surface area (Å²) < 4.78 is 17.2. The molecule has 0 fully saturated rings. The van der Waals surface area contributed by atoms with E-state index in [9.17, 15) is 9.90 Å². The molecule has 3 N–H and O–H groups in total. The number of aliphatic hydroxyl groups excluding tert-OH is 1. The zero-order valence-electron chi connectivity index (χ0n) is 19.5. The van der Waals surface area contributed by atoms with Crippen LogP contribution in [0.25, 0.3) is 11.0 Å². The Morgan fingerprint density at radius 1 is 1.21 bits per heavy atom. The minimum Gasteiger partial charge on any atom is -0.497 e. The minimum absolute atomic E-state index is 0.0487. The molecule has 1 amide bonds. The van der Waals surface area contributed by atoms with Gasteiger partial charge in [0.15, 0.2) is 5.76 Å². The van der Waals surface area contributed by atoms with Gasteiger partial charge in [-0.15, -0.1) is 0 Å². The summed E-state index contributed by atoms with van der Waals surface area (Å²) in [6.07, 6.45) is 2.57. The van der Waals surface area contributed by atoms with E-state index in [4.69, 9.17) is 14.2 Å². The zero-order valence-corrected chi connectivity index (χ0v) is 19.5. The molecule has 2 heterocycles. The maximum atomic E-state index is 13.1. The second kappa shape index (κ2) is 11.2. The number of carbonyl (C=O) groups excluding carboxylic acids is 1. The molecule has 1 aromatic heterocycles. The number of ether oxygens (including phenoxy) is 3. The first-order valence-corrected chi connectivity index (χ1v) is 11.6. The van der Waals surface area contributed by atoms with Crippen LogP contribution in [-0.2, 0) is 20.8 Å². The van der Waals surface area contributed by atoms with Gasteiger partial charge in [0.2, 0.25) is 6.29 Å². The highest BCUT2D eigenvalue weighted by atomic mass is 16.7. The number of carbonyl (C=O) groups is 1. The standard InChI is InChI=1S/C26H31N3O5/c1-3-33-26-19(7-6-14-30)20(17-10-12-18(32-2)13-11-17)15-23(34-26)25(31)27-16-24-28-21-8-4-5-9-22(21)29-24/h4-5,8-13,15,19-20,26,30H,3,6-7,14,16H2,1-2H3,(H,27,31)(H,28,29)/t19-,20+,26+/m0/s1. The molecule has 4 rings (SSSR count). The first-order chi connectivity index (χ1) is 16.6. The molecule has 0 spiro atoms. The van der Waals surface area contributed by atoms with Crippen LogP contribution in [0.2, 0.25) is 0 Å². The van der Waals surface area contributed by atoms with Crippen LogP contribution in [-0.4, -0.2) is 47.6 Å². The van der Waals surface area contributed by atoms with Crippen molar-refractivity contribution in [2.24, 2.45) is 5.92 Å². The molecule has 1 aliphatic rings. The number of imidazole rings is 1. The normalized spacial score (nSPS) is 20.0. The van der Waals surface area contributed by atoms with Crippen molar-refractivity contribution in [2.75, 3.05) is 20.3 Å². The van der Waals surface area contributed by atoms with E-state index in [1.54, 1.807) is 7.11 Å². The van der Waals surface area contributed by atoms with Gasteiger partial charge in [0.1, 0.15) is 11.6 Å². The molecule has 0 saturated carbocycles. The largest absolute Gasteiger partial charge is 0.497 e. The highest BCUT2D eigenvalue weighted by Gasteiger charge is 2.37. The molecule has 0 unspecified atom stereocenters. The Kier molecular flexibility index (Phi) is 7.82. The smallest absolute Gasteiger partial charge is 0.286 e. The average molecular weight is 466 g/mol. The Morgan fingerprint density at radius 2 is 2.00 bits per heavy atom. The summed E-state index contributed by atoms with van der Waals surface area (Å²) in [6, 6.07) is 15.5. The third-order valence-electron chi connectivity index (χ3n) is 5.99. The predicted octanol–water partition coefficient (Wildman–Crippen LogP) is 3.64. The number of nitrogens with zero attached hydrogens (tertiary/aromatic N) is 1. The fourth-order valence-electron chi connectivity index (χ4n) is 4.31. The van der Waals surface area contributed by atoms with Crippen LogP contribution in [0.15, 0.2) is 60.4 Å². The van der Waals surface area contributed by atoms with Crippen LogP contribution in [0.4, 0.5) is 0 Å². The first kappa shape index (κ1) is 23.8. The lowest BCUT2D eigenvalue weighted by Gasteiger charge is -2.37. The van der Waals surface area contributed by atoms with Crippen molar-refractivity contribution in [3.05, 3.63) is 71.8 Å². The van der Waals surface area contributed by atoms with Crippen LogP contribution in [0, 0.1) is 5.92 Å². The number of amides is 1. The van der Waals surface area contributed by atoms with E-state index < -0.39 is 6.29 Å². The van der Waals surface area contributed by atoms with Gasteiger partial charge in [0.05, 0.1) is 24.7 Å². The number of methoxy groups -OCH3 is 1. The fourth-order valence-corrected chi connectivity index (χ4v) is 4.31. The molecule has 3 aromatic rings. The summed E-state index contributed by atoms with van der Waals surface area (Å²) in [6.45, 7) is 2.67. The van der Waals surface area contributed by atoms with Crippen molar-refractivity contribution in [2.45, 2.75) is 38.5 Å². The monoisotopic (exact) mass is 465 g/mol. The van der Waals surface area contributed by atoms with Gasteiger partial charge < -0.3 is 29.6 Å². The van der Waals surface area contributed by atoms with Gasteiger partial charge in [-0.05, 0) is 55.7 Å². The topological polar surface area (TPSA) is 106 Å². The van der Waals surface area contributed by atoms with Crippen molar-refractivity contribution >= 4 is 16.9 Å². The van der Waals surface area contributed by atoms with Crippen LogP contribution >= 0.6 is 0 Å². The van der Waals surface area contributed by atoms with Crippen molar-refractivity contribution in [1.82, 2.24) is 15.3 Å². The van der Waals surface area contributed by atoms with E-state index in [0.717, 1.165) is 22.3 Å². The third kappa shape index (κ3) is 5.40. The number of benzene rings is 2. The van der Waals surface area contributed by atoms with E-state index >= 15 is 0 Å². The molecule has 0 radical (unpaired) electrons. The molecular formula is C26H31N3O5. The van der Waals surface area contributed by atoms with Crippen LogP contribution in [0.5, 0.6) is 5.75 Å². The predicted molar refractivity (Wildman–Crippen MR) is 128 cm³/mol. The number of hydrogen-bond donors (Lipinski definition) is 3. The Hall–Kier alpha value is -3.36. The number of fused-ring (bicyclic) bond motifs is 1. The lowest BCUT2D eigenvalue weighted by Crippen LogP contribution is -2.39. The van der Waals surface area contributed by atoms with Gasteiger partial charge in [-0.2, -0.15) is 0 Å². The summed E-state index contributed by atoms with van der Waals surface area (Å²) in [5, 5.41) is 12.3. The molecule has 8 heteroatoms. The van der Waals surface area contributed by atoms with E-state index in [0.29, 0.717) is 25.3 Å². The maximum Gasteiger partial charge on any atom is 0.286 e. The second-order valence-electron chi connectivity index (χ2n) is 8.18. The lowest BCUT2D eigenvalue weighted by molar-refractivity contribution is -0.166. The van der Waals surface area contributed by atoms with Gasteiger partial charge in [-0.3, -0.25) is 4.79 Å². The quantitative estimate of drug-likeness (QED) is 0.422. The van der Waals surface area contributed by atoms with Crippen molar-refractivity contribution in [3.63, 3.8) is 0 Å². The first-order valence-electron chi connectivity index (χ1n) is 11.6. The van der Waals surface area contributed by atoms with E-state index in [2.05, 4.69) is 15.3 Å². The Balaban J connectivity index is 1.56. The molecule has 3 atom stereocenters. The molecular weight excluding hydrogens is 434 g/mol. The number of aromatic amines is 1. The summed E-state index contributed by atoms with van der Waals surface area (Å²) in [5.74, 6) is 1.15. The third-order valence-corrected chi connectivity index (χ3v) is 5.99. The van der Waals surface area contributed by atoms with Crippen molar-refractivity contribution < 1.29 is 24.1 Å². The Labute approximate surface area is 198 Å². The maximum absolute atomic E-state index is 13.1. The number of nitrogens with one attached hydrogen (secondary N) is 2. The zero-order chi connectivity index (χ0) is 23.9. The van der Waals surface area contributed by atoms with E-state index in [1.165, 1.54) is 0 Å². The molecule has 1 aliphatic heterocycles. The lowest BCUT2D eigenvalue weighted by atomic mass is 9.80. The molecule has 0 aliphatic carbocycles. The van der Waals surface area contributed by atoms with E-state index in [1.807, 2.05) is 61.5 Å². The second-order valence-corrected chi connectivity index (χ2v) is 8.18. The molecule has 8 nitrogen and oxygen atoms in total. The SMILES string of the molecule is CCO[C@@H]1OC(C(=O)NCc2nc3ccccc3[nH]2)=C[C@H](c2ccc(OC)cc2)[C@@H]1CCCO. The molecule has 34 heavy (non-hydrogen) atoms. The number of allylic oxidation sites excluding steroid dienone is 1. The van der Waals surface area contributed by atoms with Crippen LogP contribution < -0.4 is 10.1 Å². The Bertz CT molecular complexity index is 1090. The van der Waals surface area contributed by atoms with Gasteiger partial charge in [-0.1, -0.05) is 24.3 Å². The molecule has 2 aromatic carbocycles. The molecule has 0 bridgehead atoms. The van der Waals surface area contributed by atoms with Crippen LogP contribution in [0.1, 0.15) is 37.1 Å². The highest BCUT2D eigenvalue weighted by Crippen LogP contribution is 2.39. The number of para-hydroxylation sites is 2. The highest BCUT2D eigenvalue weighted by molar-refractivity contribution is 5.91. The summed E-state index contributed by atoms with van der Waals surface area (Å²) in [5.41, 5.74) is 2.80. The van der Waals surface area contributed by atoms with Gasteiger partial charge in [0, 0.05) is 25.0 Å². The van der Waals surface area contributed by atoms with Crippen molar-refractivity contribution in [1.29, 1.82) is 0 Å². The number of rotatable bonds is 10. The fraction of sp³-hybridized carbons (Fsp3) is 0.385. The Morgan fingerprint density at radius 3 is 2.71 bits per heavy atom. The summed E-state index contributed by atoms with van der Waals surface area (Å²) in [4.78, 5) is 20.8. The number of H-pyrrole nitrogens is 1. The van der Waals surface area contributed by atoms with Crippen LogP contribution in [0.3, 0.4) is 0 Å². The van der Waals surface area contributed by atoms with Gasteiger partial charge in [-0.25, -0.2) is 4.98 Å². The minimum atomic E-state index is -0.597. The molecule has 0 saturated heterocycles. The number of hydrogen-bond acceptors (Lipinski definition) is 6. The number of aliphatic hydroxyl groups is 1.